The number of amides is 2. The number of hydrogen-bond donors (Lipinski definition) is 2. The molecule has 1 aliphatic rings. The number of ether oxygens (including phenoxy) is 3. The Hall–Kier alpha value is -3.55. The van der Waals surface area contributed by atoms with Crippen molar-refractivity contribution in [2.75, 3.05) is 26.1 Å². The highest BCUT2D eigenvalue weighted by molar-refractivity contribution is 5.98. The van der Waals surface area contributed by atoms with E-state index in [0.717, 1.165) is 12.8 Å². The molecular weight excluding hydrogens is 388 g/mol. The van der Waals surface area contributed by atoms with Crippen molar-refractivity contribution in [3.63, 3.8) is 0 Å². The summed E-state index contributed by atoms with van der Waals surface area (Å²) in [6, 6.07) is 12.0. The molecule has 0 atom stereocenters. The third-order valence-electron chi connectivity index (χ3n) is 4.48. The second kappa shape index (κ2) is 9.78. The number of rotatable bonds is 9. The van der Waals surface area contributed by atoms with E-state index in [1.165, 1.54) is 14.2 Å². The molecule has 8 heteroatoms. The highest BCUT2D eigenvalue weighted by Gasteiger charge is 2.23. The topological polar surface area (TPSA) is 103 Å². The van der Waals surface area contributed by atoms with Gasteiger partial charge in [0.15, 0.2) is 18.1 Å². The largest absolute Gasteiger partial charge is 0.493 e. The smallest absolute Gasteiger partial charge is 0.310 e. The minimum Gasteiger partial charge on any atom is -0.493 e. The molecule has 2 aromatic rings. The van der Waals surface area contributed by atoms with Gasteiger partial charge in [-0.15, -0.1) is 0 Å². The number of hydrogen-bond acceptors (Lipinski definition) is 6. The molecular formula is C22H24N2O6. The average Bonchev–Trinajstić information content (AvgIpc) is 3.56. The van der Waals surface area contributed by atoms with E-state index in [0.29, 0.717) is 28.3 Å². The van der Waals surface area contributed by atoms with Crippen LogP contribution in [0.5, 0.6) is 11.5 Å². The first kappa shape index (κ1) is 21.2. The van der Waals surface area contributed by atoms with Crippen LogP contribution in [-0.2, 0) is 20.7 Å². The highest BCUT2D eigenvalue weighted by Crippen LogP contribution is 2.27. The summed E-state index contributed by atoms with van der Waals surface area (Å²) < 4.78 is 15.4. The molecule has 2 N–H and O–H groups in total. The third-order valence-corrected chi connectivity index (χ3v) is 4.48. The molecule has 30 heavy (non-hydrogen) atoms. The quantitative estimate of drug-likeness (QED) is 0.613. The molecule has 0 bridgehead atoms. The maximum absolute atomic E-state index is 12.1. The summed E-state index contributed by atoms with van der Waals surface area (Å²) in [6.45, 7) is -0.426. The molecule has 3 rings (SSSR count). The van der Waals surface area contributed by atoms with Gasteiger partial charge in [0.25, 0.3) is 11.8 Å². The fraction of sp³-hybridized carbons (Fsp3) is 0.318. The summed E-state index contributed by atoms with van der Waals surface area (Å²) in [4.78, 5) is 36.2. The van der Waals surface area contributed by atoms with Crippen LogP contribution in [0.15, 0.2) is 42.5 Å². The number of benzene rings is 2. The standard InChI is InChI=1S/C22H24N2O6/c1-28-18-9-6-14(10-19(18)29-2)11-21(26)30-13-20(25)23-17-5-3-4-15(12-17)22(27)24-16-7-8-16/h3-6,9-10,12,16H,7-8,11,13H2,1-2H3,(H,23,25)(H,24,27). The summed E-state index contributed by atoms with van der Waals surface area (Å²) in [5, 5.41) is 5.52. The Balaban J connectivity index is 1.48. The Bertz CT molecular complexity index is 939. The van der Waals surface area contributed by atoms with Crippen molar-refractivity contribution in [3.8, 4) is 11.5 Å². The Morgan fingerprint density at radius 2 is 1.77 bits per heavy atom. The zero-order valence-electron chi connectivity index (χ0n) is 16.9. The van der Waals surface area contributed by atoms with Crippen LogP contribution in [0.4, 0.5) is 5.69 Å². The minimum atomic E-state index is -0.546. The van der Waals surface area contributed by atoms with E-state index in [1.54, 1.807) is 42.5 Å². The second-order valence-corrected chi connectivity index (χ2v) is 6.90. The lowest BCUT2D eigenvalue weighted by molar-refractivity contribution is -0.146. The van der Waals surface area contributed by atoms with Gasteiger partial charge >= 0.3 is 5.97 Å². The molecule has 8 nitrogen and oxygen atoms in total. The molecule has 0 unspecified atom stereocenters. The molecule has 0 saturated heterocycles. The Morgan fingerprint density at radius 1 is 1.00 bits per heavy atom. The molecule has 158 valence electrons. The summed E-state index contributed by atoms with van der Waals surface area (Å²) in [5.41, 5.74) is 1.59. The van der Waals surface area contributed by atoms with Crippen molar-refractivity contribution >= 4 is 23.5 Å². The van der Waals surface area contributed by atoms with Gasteiger partial charge in [-0.25, -0.2) is 0 Å². The Kier molecular flexibility index (Phi) is 6.90. The van der Waals surface area contributed by atoms with Crippen molar-refractivity contribution in [2.45, 2.75) is 25.3 Å². The zero-order chi connectivity index (χ0) is 21.5. The molecule has 1 fully saturated rings. The number of carbonyl (C=O) groups excluding carboxylic acids is 3. The van der Waals surface area contributed by atoms with Crippen molar-refractivity contribution in [1.29, 1.82) is 0 Å². The second-order valence-electron chi connectivity index (χ2n) is 6.90. The van der Waals surface area contributed by atoms with Gasteiger partial charge in [-0.1, -0.05) is 12.1 Å². The maximum atomic E-state index is 12.1. The molecule has 0 aromatic heterocycles. The van der Waals surface area contributed by atoms with Crippen LogP contribution in [-0.4, -0.2) is 44.7 Å². The molecule has 2 amide bonds. The van der Waals surface area contributed by atoms with E-state index in [4.69, 9.17) is 14.2 Å². The highest BCUT2D eigenvalue weighted by atomic mass is 16.5. The van der Waals surface area contributed by atoms with E-state index >= 15 is 0 Å². The van der Waals surface area contributed by atoms with Crippen LogP contribution in [0.2, 0.25) is 0 Å². The fourth-order valence-corrected chi connectivity index (χ4v) is 2.79. The SMILES string of the molecule is COc1ccc(CC(=O)OCC(=O)Nc2cccc(C(=O)NC3CC3)c2)cc1OC. The van der Waals surface area contributed by atoms with E-state index in [1.807, 2.05) is 0 Å². The predicted octanol–water partition coefficient (Wildman–Crippen LogP) is 2.32. The van der Waals surface area contributed by atoms with Gasteiger partial charge in [0.05, 0.1) is 20.6 Å². The van der Waals surface area contributed by atoms with Crippen LogP contribution >= 0.6 is 0 Å². The molecule has 0 aliphatic heterocycles. The number of nitrogens with one attached hydrogen (secondary N) is 2. The van der Waals surface area contributed by atoms with Gasteiger partial charge in [0.2, 0.25) is 0 Å². The minimum absolute atomic E-state index is 0.00947. The lowest BCUT2D eigenvalue weighted by Crippen LogP contribution is -2.25. The molecule has 0 radical (unpaired) electrons. The molecule has 1 saturated carbocycles. The number of anilines is 1. The Morgan fingerprint density at radius 3 is 2.47 bits per heavy atom. The number of methoxy groups -OCH3 is 2. The predicted molar refractivity (Wildman–Crippen MR) is 110 cm³/mol. The summed E-state index contributed by atoms with van der Waals surface area (Å²) in [5.74, 6) is -0.145. The van der Waals surface area contributed by atoms with E-state index in [9.17, 15) is 14.4 Å². The van der Waals surface area contributed by atoms with Crippen LogP contribution in [0.1, 0.15) is 28.8 Å². The van der Waals surface area contributed by atoms with Gasteiger partial charge in [0, 0.05) is 17.3 Å². The lowest BCUT2D eigenvalue weighted by atomic mass is 10.1. The van der Waals surface area contributed by atoms with Gasteiger partial charge in [-0.3, -0.25) is 14.4 Å². The Labute approximate surface area is 174 Å². The molecule has 0 heterocycles. The van der Waals surface area contributed by atoms with Gasteiger partial charge in [-0.05, 0) is 48.7 Å². The first-order valence-corrected chi connectivity index (χ1v) is 9.56. The van der Waals surface area contributed by atoms with Crippen molar-refractivity contribution in [3.05, 3.63) is 53.6 Å². The number of carbonyl (C=O) groups is 3. The van der Waals surface area contributed by atoms with Gasteiger partial charge in [0.1, 0.15) is 0 Å². The van der Waals surface area contributed by atoms with Crippen LogP contribution in [0.25, 0.3) is 0 Å². The van der Waals surface area contributed by atoms with E-state index < -0.39 is 18.5 Å². The molecule has 2 aromatic carbocycles. The van der Waals surface area contributed by atoms with Crippen LogP contribution in [0, 0.1) is 0 Å². The van der Waals surface area contributed by atoms with E-state index in [2.05, 4.69) is 10.6 Å². The third kappa shape index (κ3) is 5.97. The summed E-state index contributed by atoms with van der Waals surface area (Å²) in [6.07, 6.45) is 1.98. The van der Waals surface area contributed by atoms with Gasteiger partial charge in [-0.2, -0.15) is 0 Å². The van der Waals surface area contributed by atoms with Crippen LogP contribution in [0.3, 0.4) is 0 Å². The van der Waals surface area contributed by atoms with Crippen molar-refractivity contribution < 1.29 is 28.6 Å². The van der Waals surface area contributed by atoms with Crippen molar-refractivity contribution in [1.82, 2.24) is 5.32 Å². The lowest BCUT2D eigenvalue weighted by Gasteiger charge is -2.10. The van der Waals surface area contributed by atoms with Crippen molar-refractivity contribution in [2.24, 2.45) is 0 Å². The monoisotopic (exact) mass is 412 g/mol. The first-order chi connectivity index (χ1) is 14.5. The normalized spacial score (nSPS) is 12.6. The fourth-order valence-electron chi connectivity index (χ4n) is 2.79. The summed E-state index contributed by atoms with van der Waals surface area (Å²) >= 11 is 0. The maximum Gasteiger partial charge on any atom is 0.310 e. The molecule has 1 aliphatic carbocycles. The summed E-state index contributed by atoms with van der Waals surface area (Å²) in [7, 11) is 3.04. The molecule has 0 spiro atoms. The van der Waals surface area contributed by atoms with Gasteiger partial charge < -0.3 is 24.8 Å². The zero-order valence-corrected chi connectivity index (χ0v) is 16.9. The van der Waals surface area contributed by atoms with Crippen LogP contribution < -0.4 is 20.1 Å². The average molecular weight is 412 g/mol. The number of esters is 1. The first-order valence-electron chi connectivity index (χ1n) is 9.56. The van der Waals surface area contributed by atoms with E-state index in [-0.39, 0.29) is 18.4 Å².